The lowest BCUT2D eigenvalue weighted by Crippen LogP contribution is -2.24. The van der Waals surface area contributed by atoms with E-state index in [0.29, 0.717) is 6.42 Å². The summed E-state index contributed by atoms with van der Waals surface area (Å²) in [7, 11) is 0. The largest absolute Gasteiger partial charge is 0.755 e. The lowest BCUT2D eigenvalue weighted by atomic mass is 10.1. The van der Waals surface area contributed by atoms with Crippen LogP contribution in [0.1, 0.15) is 84.0 Å². The van der Waals surface area contributed by atoms with Gasteiger partial charge in [-0.3, -0.25) is 13.7 Å². The fourth-order valence-electron chi connectivity index (χ4n) is 2.09. The Morgan fingerprint density at radius 1 is 0.895 bits per heavy atom. The first kappa shape index (κ1) is 18.6. The van der Waals surface area contributed by atoms with Gasteiger partial charge in [0.1, 0.15) is 0 Å². The SMILES string of the molecule is CCCCCCCCCCCCCC(=O)NS(=O)[O-]. The molecule has 0 aliphatic heterocycles. The summed E-state index contributed by atoms with van der Waals surface area (Å²) in [5.41, 5.74) is 0. The molecule has 0 spiro atoms. The Bertz CT molecular complexity index is 247. The van der Waals surface area contributed by atoms with E-state index in [9.17, 15) is 13.6 Å². The second-order valence-corrected chi connectivity index (χ2v) is 5.72. The maximum Gasteiger partial charge on any atom is 0.230 e. The minimum Gasteiger partial charge on any atom is -0.755 e. The molecule has 0 radical (unpaired) electrons. The summed E-state index contributed by atoms with van der Waals surface area (Å²) < 4.78 is 22.2. The van der Waals surface area contributed by atoms with Crippen molar-refractivity contribution in [3.8, 4) is 0 Å². The monoisotopic (exact) mass is 290 g/mol. The summed E-state index contributed by atoms with van der Waals surface area (Å²) in [4.78, 5) is 11.0. The molecule has 5 heteroatoms. The van der Waals surface area contributed by atoms with Crippen LogP contribution in [-0.2, 0) is 16.1 Å². The second kappa shape index (κ2) is 14.0. The molecule has 19 heavy (non-hydrogen) atoms. The second-order valence-electron chi connectivity index (χ2n) is 5.05. The highest BCUT2D eigenvalue weighted by Gasteiger charge is 2.00. The molecule has 0 aliphatic rings. The Morgan fingerprint density at radius 3 is 1.74 bits per heavy atom. The number of hydrogen-bond acceptors (Lipinski definition) is 3. The summed E-state index contributed by atoms with van der Waals surface area (Å²) in [6.07, 6.45) is 13.8. The van der Waals surface area contributed by atoms with Crippen LogP contribution in [0.2, 0.25) is 0 Å². The molecule has 1 N–H and O–H groups in total. The van der Waals surface area contributed by atoms with Gasteiger partial charge in [-0.05, 0) is 6.42 Å². The highest BCUT2D eigenvalue weighted by molar-refractivity contribution is 7.77. The molecule has 0 rings (SSSR count). The summed E-state index contributed by atoms with van der Waals surface area (Å²) in [5, 5.41) is 0. The minimum atomic E-state index is -2.46. The predicted octanol–water partition coefficient (Wildman–Crippen LogP) is 3.60. The van der Waals surface area contributed by atoms with E-state index in [1.165, 1.54) is 51.4 Å². The summed E-state index contributed by atoms with van der Waals surface area (Å²) in [5.74, 6) is -0.399. The van der Waals surface area contributed by atoms with E-state index in [2.05, 4.69) is 6.92 Å². The van der Waals surface area contributed by atoms with Gasteiger partial charge in [0.25, 0.3) is 0 Å². The van der Waals surface area contributed by atoms with Crippen LogP contribution in [-0.4, -0.2) is 14.7 Å². The fourth-order valence-corrected chi connectivity index (χ4v) is 2.38. The van der Waals surface area contributed by atoms with E-state index < -0.39 is 17.2 Å². The molecule has 1 amide bonds. The average molecular weight is 290 g/mol. The van der Waals surface area contributed by atoms with Gasteiger partial charge in [-0.25, -0.2) is 0 Å². The van der Waals surface area contributed by atoms with E-state index in [-0.39, 0.29) is 0 Å². The van der Waals surface area contributed by atoms with Gasteiger partial charge < -0.3 is 4.55 Å². The van der Waals surface area contributed by atoms with Gasteiger partial charge in [-0.1, -0.05) is 71.1 Å². The molecule has 0 heterocycles. The molecule has 0 bridgehead atoms. The number of carbonyl (C=O) groups excluding carboxylic acids is 1. The van der Waals surface area contributed by atoms with Crippen LogP contribution in [0.5, 0.6) is 0 Å². The third kappa shape index (κ3) is 15.5. The maximum atomic E-state index is 11.0. The van der Waals surface area contributed by atoms with Gasteiger partial charge in [0.2, 0.25) is 5.91 Å². The van der Waals surface area contributed by atoms with Gasteiger partial charge in [0, 0.05) is 17.7 Å². The molecule has 0 aromatic heterocycles. The van der Waals surface area contributed by atoms with Crippen molar-refractivity contribution in [1.82, 2.24) is 4.72 Å². The van der Waals surface area contributed by atoms with E-state index in [1.54, 1.807) is 0 Å². The van der Waals surface area contributed by atoms with Gasteiger partial charge >= 0.3 is 0 Å². The van der Waals surface area contributed by atoms with Gasteiger partial charge in [0.05, 0.1) is 0 Å². The number of nitrogens with one attached hydrogen (secondary N) is 1. The molecular weight excluding hydrogens is 262 g/mol. The molecule has 0 aliphatic carbocycles. The van der Waals surface area contributed by atoms with E-state index in [4.69, 9.17) is 0 Å². The molecule has 0 saturated heterocycles. The van der Waals surface area contributed by atoms with Crippen molar-refractivity contribution >= 4 is 17.2 Å². The average Bonchev–Trinajstić information content (AvgIpc) is 2.35. The highest BCUT2D eigenvalue weighted by atomic mass is 32.2. The Labute approximate surface area is 120 Å². The van der Waals surface area contributed by atoms with Gasteiger partial charge in [0.15, 0.2) is 0 Å². The number of hydrogen-bond donors (Lipinski definition) is 1. The fraction of sp³-hybridized carbons (Fsp3) is 0.929. The molecule has 0 aromatic carbocycles. The Balaban J connectivity index is 3.10. The number of unbranched alkanes of at least 4 members (excludes halogenated alkanes) is 10. The third-order valence-corrected chi connectivity index (χ3v) is 3.60. The maximum absolute atomic E-state index is 11.0. The standard InChI is InChI=1S/C14H29NO3S/c1-2-3-4-5-6-7-8-9-10-11-12-13-14(16)15-19(17)18/h2-13H2,1H3,(H,15,16)(H,17,18)/p-1. The van der Waals surface area contributed by atoms with Crippen molar-refractivity contribution in [1.29, 1.82) is 0 Å². The molecule has 0 fully saturated rings. The number of amides is 1. The Hall–Kier alpha value is -0.420. The predicted molar refractivity (Wildman–Crippen MR) is 78.1 cm³/mol. The molecule has 0 aromatic rings. The Kier molecular flexibility index (Phi) is 13.7. The first-order chi connectivity index (χ1) is 9.16. The lowest BCUT2D eigenvalue weighted by molar-refractivity contribution is -0.119. The van der Waals surface area contributed by atoms with Crippen molar-refractivity contribution in [3.63, 3.8) is 0 Å². The lowest BCUT2D eigenvalue weighted by Gasteiger charge is -2.06. The summed E-state index contributed by atoms with van der Waals surface area (Å²) in [6.45, 7) is 2.23. The van der Waals surface area contributed by atoms with Crippen molar-refractivity contribution in [3.05, 3.63) is 0 Å². The quantitative estimate of drug-likeness (QED) is 0.416. The molecule has 1 unspecified atom stereocenters. The summed E-state index contributed by atoms with van der Waals surface area (Å²) in [6, 6.07) is 0. The van der Waals surface area contributed by atoms with Crippen LogP contribution >= 0.6 is 0 Å². The summed E-state index contributed by atoms with van der Waals surface area (Å²) >= 11 is -2.46. The van der Waals surface area contributed by atoms with E-state index >= 15 is 0 Å². The van der Waals surface area contributed by atoms with E-state index in [1.807, 2.05) is 4.72 Å². The third-order valence-electron chi connectivity index (χ3n) is 3.20. The normalized spacial score (nSPS) is 12.3. The van der Waals surface area contributed by atoms with Gasteiger partial charge in [-0.15, -0.1) is 0 Å². The highest BCUT2D eigenvalue weighted by Crippen LogP contribution is 2.11. The van der Waals surface area contributed by atoms with Crippen LogP contribution in [0.15, 0.2) is 0 Å². The zero-order valence-electron chi connectivity index (χ0n) is 12.1. The molecular formula is C14H28NO3S-. The zero-order chi connectivity index (χ0) is 14.3. The first-order valence-electron chi connectivity index (χ1n) is 7.55. The molecule has 4 nitrogen and oxygen atoms in total. The zero-order valence-corrected chi connectivity index (χ0v) is 12.9. The molecule has 1 atom stereocenters. The van der Waals surface area contributed by atoms with Crippen molar-refractivity contribution in [2.75, 3.05) is 0 Å². The van der Waals surface area contributed by atoms with Crippen LogP contribution < -0.4 is 4.72 Å². The minimum absolute atomic E-state index is 0.311. The van der Waals surface area contributed by atoms with Crippen LogP contribution in [0.25, 0.3) is 0 Å². The van der Waals surface area contributed by atoms with Crippen LogP contribution in [0, 0.1) is 0 Å². The smallest absolute Gasteiger partial charge is 0.230 e. The van der Waals surface area contributed by atoms with Crippen molar-refractivity contribution in [2.45, 2.75) is 84.0 Å². The van der Waals surface area contributed by atoms with Crippen molar-refractivity contribution < 1.29 is 13.6 Å². The van der Waals surface area contributed by atoms with Crippen LogP contribution in [0.4, 0.5) is 0 Å². The Morgan fingerprint density at radius 2 is 1.32 bits per heavy atom. The van der Waals surface area contributed by atoms with Crippen molar-refractivity contribution in [2.24, 2.45) is 0 Å². The number of carbonyl (C=O) groups is 1. The first-order valence-corrected chi connectivity index (χ1v) is 8.63. The van der Waals surface area contributed by atoms with Gasteiger partial charge in [-0.2, -0.15) is 0 Å². The molecule has 114 valence electrons. The van der Waals surface area contributed by atoms with E-state index in [0.717, 1.165) is 19.3 Å². The number of rotatable bonds is 13. The molecule has 0 saturated carbocycles. The topological polar surface area (TPSA) is 69.2 Å². The van der Waals surface area contributed by atoms with Crippen LogP contribution in [0.3, 0.4) is 0 Å².